The van der Waals surface area contributed by atoms with E-state index in [4.69, 9.17) is 10.1 Å². The Bertz CT molecular complexity index is 361. The first kappa shape index (κ1) is 11.1. The first-order valence-corrected chi connectivity index (χ1v) is 5.61. The number of ether oxygens (including phenoxy) is 1. The van der Waals surface area contributed by atoms with Gasteiger partial charge in [0.05, 0.1) is 12.2 Å². The Balaban J connectivity index is 3.24. The van der Waals surface area contributed by atoms with E-state index in [0.29, 0.717) is 5.04 Å². The van der Waals surface area contributed by atoms with Crippen LogP contribution in [0.5, 0.6) is 5.75 Å². The molecule has 1 aromatic carbocycles. The molecule has 1 N–H and O–H groups in total. The van der Waals surface area contributed by atoms with Gasteiger partial charge in [-0.3, -0.25) is 5.41 Å². The van der Waals surface area contributed by atoms with Gasteiger partial charge in [0.25, 0.3) is 0 Å². The van der Waals surface area contributed by atoms with Gasteiger partial charge in [0.2, 0.25) is 0 Å². The molecule has 0 saturated heterocycles. The summed E-state index contributed by atoms with van der Waals surface area (Å²) in [7, 11) is 1.67. The lowest BCUT2D eigenvalue weighted by atomic mass is 10.0. The van der Waals surface area contributed by atoms with Gasteiger partial charge in [-0.1, -0.05) is 0 Å². The predicted octanol–water partition coefficient (Wildman–Crippen LogP) is 3.00. The van der Waals surface area contributed by atoms with Gasteiger partial charge in [-0.05, 0) is 43.4 Å². The van der Waals surface area contributed by atoms with Gasteiger partial charge in [-0.2, -0.15) is 0 Å². The van der Waals surface area contributed by atoms with E-state index < -0.39 is 0 Å². The molecule has 0 aliphatic rings. The van der Waals surface area contributed by atoms with Crippen LogP contribution in [0.15, 0.2) is 12.1 Å². The van der Waals surface area contributed by atoms with Crippen LogP contribution in [0.1, 0.15) is 16.7 Å². The highest BCUT2D eigenvalue weighted by Gasteiger charge is 2.09. The second kappa shape index (κ2) is 4.51. The van der Waals surface area contributed by atoms with E-state index in [2.05, 4.69) is 0 Å². The molecule has 0 aliphatic carbocycles. The summed E-state index contributed by atoms with van der Waals surface area (Å²) in [5, 5.41) is 8.37. The van der Waals surface area contributed by atoms with Crippen molar-refractivity contribution in [1.29, 1.82) is 5.41 Å². The lowest BCUT2D eigenvalue weighted by molar-refractivity contribution is 0.411. The van der Waals surface area contributed by atoms with Gasteiger partial charge in [0.1, 0.15) is 5.75 Å². The number of nitrogens with one attached hydrogen (secondary N) is 1. The highest BCUT2D eigenvalue weighted by atomic mass is 32.2. The Morgan fingerprint density at radius 2 is 1.93 bits per heavy atom. The first-order chi connectivity index (χ1) is 6.61. The van der Waals surface area contributed by atoms with Crippen molar-refractivity contribution in [3.05, 3.63) is 28.8 Å². The summed E-state index contributed by atoms with van der Waals surface area (Å²) in [5.74, 6) is 0.889. The normalized spacial score (nSPS) is 10.0. The minimum Gasteiger partial charge on any atom is -0.496 e. The zero-order valence-corrected chi connectivity index (χ0v) is 9.79. The van der Waals surface area contributed by atoms with E-state index in [1.165, 1.54) is 11.8 Å². The Kier molecular flexibility index (Phi) is 3.58. The van der Waals surface area contributed by atoms with Crippen molar-refractivity contribution in [2.45, 2.75) is 13.8 Å². The van der Waals surface area contributed by atoms with Crippen LogP contribution in [-0.2, 0) is 0 Å². The number of hydrogen-bond acceptors (Lipinski definition) is 3. The van der Waals surface area contributed by atoms with Gasteiger partial charge in [-0.15, -0.1) is 11.8 Å². The third-order valence-corrected chi connectivity index (χ3v) is 3.03. The monoisotopic (exact) mass is 209 g/mol. The SMILES string of the molecule is COc1ccc(C(=N)SC)c(C)c1C. The van der Waals surface area contributed by atoms with Gasteiger partial charge in [-0.25, -0.2) is 0 Å². The van der Waals surface area contributed by atoms with E-state index in [9.17, 15) is 0 Å². The molecule has 0 bridgehead atoms. The van der Waals surface area contributed by atoms with Crippen molar-refractivity contribution in [1.82, 2.24) is 0 Å². The molecule has 0 amide bonds. The Hall–Kier alpha value is -0.960. The maximum absolute atomic E-state index is 7.77. The van der Waals surface area contributed by atoms with E-state index in [1.807, 2.05) is 32.2 Å². The molecule has 0 aromatic heterocycles. The van der Waals surface area contributed by atoms with Gasteiger partial charge in [0, 0.05) is 5.56 Å². The van der Waals surface area contributed by atoms with Crippen molar-refractivity contribution in [3.63, 3.8) is 0 Å². The van der Waals surface area contributed by atoms with Gasteiger partial charge in [0.15, 0.2) is 0 Å². The average Bonchev–Trinajstić information content (AvgIpc) is 2.21. The molecule has 1 rings (SSSR count). The molecule has 2 nitrogen and oxygen atoms in total. The van der Waals surface area contributed by atoms with Crippen LogP contribution in [0.4, 0.5) is 0 Å². The number of hydrogen-bond donors (Lipinski definition) is 1. The average molecular weight is 209 g/mol. The lowest BCUT2D eigenvalue weighted by Crippen LogP contribution is -2.00. The third kappa shape index (κ3) is 1.93. The second-order valence-corrected chi connectivity index (χ2v) is 3.92. The molecule has 0 aliphatic heterocycles. The molecule has 0 atom stereocenters. The van der Waals surface area contributed by atoms with Crippen molar-refractivity contribution in [3.8, 4) is 5.75 Å². The molecular weight excluding hydrogens is 194 g/mol. The fourth-order valence-electron chi connectivity index (χ4n) is 1.37. The van der Waals surface area contributed by atoms with E-state index in [-0.39, 0.29) is 0 Å². The molecule has 0 heterocycles. The van der Waals surface area contributed by atoms with Crippen molar-refractivity contribution in [2.24, 2.45) is 0 Å². The molecule has 3 heteroatoms. The number of thioether (sulfide) groups is 1. The molecule has 76 valence electrons. The van der Waals surface area contributed by atoms with Crippen LogP contribution >= 0.6 is 11.8 Å². The number of rotatable bonds is 2. The summed E-state index contributed by atoms with van der Waals surface area (Å²) in [6, 6.07) is 3.86. The minimum absolute atomic E-state index is 0.605. The van der Waals surface area contributed by atoms with Crippen molar-refractivity contribution < 1.29 is 4.74 Å². The highest BCUT2D eigenvalue weighted by molar-refractivity contribution is 8.13. The fraction of sp³-hybridized carbons (Fsp3) is 0.364. The van der Waals surface area contributed by atoms with Crippen LogP contribution in [0, 0.1) is 19.3 Å². The summed E-state index contributed by atoms with van der Waals surface area (Å²) in [6.07, 6.45) is 1.92. The molecular formula is C11H15NOS. The zero-order valence-electron chi connectivity index (χ0n) is 8.97. The predicted molar refractivity (Wildman–Crippen MR) is 62.8 cm³/mol. The molecule has 0 spiro atoms. The van der Waals surface area contributed by atoms with E-state index in [0.717, 1.165) is 22.4 Å². The largest absolute Gasteiger partial charge is 0.496 e. The zero-order chi connectivity index (χ0) is 10.7. The standard InChI is InChI=1S/C11H15NOS/c1-7-8(2)10(13-3)6-5-9(7)11(12)14-4/h5-6,12H,1-4H3. The first-order valence-electron chi connectivity index (χ1n) is 4.39. The van der Waals surface area contributed by atoms with Crippen LogP contribution in [0.3, 0.4) is 0 Å². The van der Waals surface area contributed by atoms with Crippen molar-refractivity contribution >= 4 is 16.8 Å². The summed E-state index contributed by atoms with van der Waals surface area (Å²) in [5.41, 5.74) is 3.24. The maximum atomic E-state index is 7.77. The van der Waals surface area contributed by atoms with Crippen LogP contribution in [0.2, 0.25) is 0 Å². The number of benzene rings is 1. The summed E-state index contributed by atoms with van der Waals surface area (Å²) >= 11 is 1.46. The Labute approximate surface area is 89.2 Å². The molecule has 0 saturated carbocycles. The quantitative estimate of drug-likeness (QED) is 0.600. The molecule has 0 radical (unpaired) electrons. The lowest BCUT2D eigenvalue weighted by Gasteiger charge is -2.11. The van der Waals surface area contributed by atoms with Crippen molar-refractivity contribution in [2.75, 3.05) is 13.4 Å². The van der Waals surface area contributed by atoms with Crippen LogP contribution < -0.4 is 4.74 Å². The van der Waals surface area contributed by atoms with E-state index >= 15 is 0 Å². The minimum atomic E-state index is 0.605. The Morgan fingerprint density at radius 3 is 2.43 bits per heavy atom. The molecule has 0 unspecified atom stereocenters. The summed E-state index contributed by atoms with van der Waals surface area (Å²) in [4.78, 5) is 0. The topological polar surface area (TPSA) is 33.1 Å². The van der Waals surface area contributed by atoms with Gasteiger partial charge >= 0.3 is 0 Å². The molecule has 0 fully saturated rings. The summed E-state index contributed by atoms with van der Waals surface area (Å²) in [6.45, 7) is 4.04. The Morgan fingerprint density at radius 1 is 1.29 bits per heavy atom. The smallest absolute Gasteiger partial charge is 0.122 e. The van der Waals surface area contributed by atoms with Crippen LogP contribution in [-0.4, -0.2) is 18.4 Å². The third-order valence-electron chi connectivity index (χ3n) is 2.41. The number of methoxy groups -OCH3 is 1. The molecule has 14 heavy (non-hydrogen) atoms. The maximum Gasteiger partial charge on any atom is 0.122 e. The fourth-order valence-corrected chi connectivity index (χ4v) is 1.81. The van der Waals surface area contributed by atoms with E-state index in [1.54, 1.807) is 7.11 Å². The summed E-state index contributed by atoms with van der Waals surface area (Å²) < 4.78 is 5.22. The second-order valence-electron chi connectivity index (χ2n) is 3.10. The molecule has 1 aromatic rings. The highest BCUT2D eigenvalue weighted by Crippen LogP contribution is 2.25. The van der Waals surface area contributed by atoms with Gasteiger partial charge < -0.3 is 4.74 Å². The van der Waals surface area contributed by atoms with Crippen LogP contribution in [0.25, 0.3) is 0 Å².